The highest BCUT2D eigenvalue weighted by atomic mass is 32.2. The highest BCUT2D eigenvalue weighted by molar-refractivity contribution is 7.99. The second kappa shape index (κ2) is 9.69. The molecule has 0 aliphatic rings. The standard InChI is InChI=1S/C23H23N5O3S/c1-4-31-17-8-6-16(7-9-17)23-26-25-20-11-12-22(27-28(20)23)32-14-21(29)24-18-13-15(2)5-10-19(18)30-3/h5-13H,4,14H2,1-3H3,(H,24,29). The topological polar surface area (TPSA) is 90.6 Å². The van der Waals surface area contributed by atoms with Crippen molar-refractivity contribution < 1.29 is 14.3 Å². The first-order chi connectivity index (χ1) is 15.6. The highest BCUT2D eigenvalue weighted by Gasteiger charge is 2.13. The first kappa shape index (κ1) is 21.6. The van der Waals surface area contributed by atoms with Gasteiger partial charge in [-0.25, -0.2) is 0 Å². The van der Waals surface area contributed by atoms with Gasteiger partial charge in [-0.05, 0) is 67.9 Å². The Morgan fingerprint density at radius 1 is 1.09 bits per heavy atom. The molecule has 4 rings (SSSR count). The average molecular weight is 450 g/mol. The number of benzene rings is 2. The lowest BCUT2D eigenvalue weighted by molar-refractivity contribution is -0.113. The van der Waals surface area contributed by atoms with Crippen molar-refractivity contribution in [3.05, 3.63) is 60.2 Å². The van der Waals surface area contributed by atoms with Gasteiger partial charge in [0.15, 0.2) is 11.5 Å². The van der Waals surface area contributed by atoms with E-state index in [0.29, 0.717) is 34.5 Å². The number of hydrogen-bond donors (Lipinski definition) is 1. The molecule has 2 aromatic carbocycles. The third kappa shape index (κ3) is 4.83. The Balaban J connectivity index is 1.48. The minimum absolute atomic E-state index is 0.142. The molecule has 1 N–H and O–H groups in total. The quantitative estimate of drug-likeness (QED) is 0.402. The number of hydrogen-bond acceptors (Lipinski definition) is 7. The molecule has 0 saturated heterocycles. The second-order valence-corrected chi connectivity index (χ2v) is 7.96. The number of ether oxygens (including phenoxy) is 2. The third-order valence-electron chi connectivity index (χ3n) is 4.64. The molecule has 0 aliphatic carbocycles. The minimum atomic E-state index is -0.142. The number of carbonyl (C=O) groups is 1. The number of aryl methyl sites for hydroxylation is 1. The van der Waals surface area contributed by atoms with Crippen molar-refractivity contribution in [1.82, 2.24) is 19.8 Å². The van der Waals surface area contributed by atoms with Crippen LogP contribution in [0, 0.1) is 6.92 Å². The minimum Gasteiger partial charge on any atom is -0.495 e. The van der Waals surface area contributed by atoms with E-state index in [1.807, 2.05) is 68.4 Å². The average Bonchev–Trinajstić information content (AvgIpc) is 3.22. The predicted octanol–water partition coefficient (Wildman–Crippen LogP) is 4.24. The molecule has 2 aromatic heterocycles. The number of rotatable bonds is 8. The van der Waals surface area contributed by atoms with Crippen molar-refractivity contribution in [1.29, 1.82) is 0 Å². The van der Waals surface area contributed by atoms with Gasteiger partial charge in [0.25, 0.3) is 0 Å². The van der Waals surface area contributed by atoms with Crippen molar-refractivity contribution in [3.63, 3.8) is 0 Å². The van der Waals surface area contributed by atoms with Gasteiger partial charge in [0.1, 0.15) is 16.5 Å². The number of aromatic nitrogens is 4. The molecule has 164 valence electrons. The first-order valence-electron chi connectivity index (χ1n) is 10.1. The zero-order valence-electron chi connectivity index (χ0n) is 18.0. The molecule has 0 unspecified atom stereocenters. The fourth-order valence-electron chi connectivity index (χ4n) is 3.14. The van der Waals surface area contributed by atoms with Crippen molar-refractivity contribution in [2.24, 2.45) is 0 Å². The normalized spacial score (nSPS) is 10.8. The number of thioether (sulfide) groups is 1. The molecule has 0 atom stereocenters. The van der Waals surface area contributed by atoms with E-state index in [0.717, 1.165) is 16.9 Å². The van der Waals surface area contributed by atoms with Gasteiger partial charge < -0.3 is 14.8 Å². The number of nitrogens with one attached hydrogen (secondary N) is 1. The maximum Gasteiger partial charge on any atom is 0.234 e. The van der Waals surface area contributed by atoms with E-state index < -0.39 is 0 Å². The van der Waals surface area contributed by atoms with E-state index in [-0.39, 0.29) is 11.7 Å². The van der Waals surface area contributed by atoms with E-state index in [9.17, 15) is 4.79 Å². The van der Waals surface area contributed by atoms with Crippen LogP contribution in [-0.2, 0) is 4.79 Å². The Morgan fingerprint density at radius 2 is 1.91 bits per heavy atom. The van der Waals surface area contributed by atoms with Crippen molar-refractivity contribution >= 4 is 29.0 Å². The molecule has 0 bridgehead atoms. The largest absolute Gasteiger partial charge is 0.495 e. The zero-order chi connectivity index (χ0) is 22.5. The van der Waals surface area contributed by atoms with Crippen LogP contribution in [0.25, 0.3) is 17.0 Å². The van der Waals surface area contributed by atoms with Crippen molar-refractivity contribution in [3.8, 4) is 22.9 Å². The van der Waals surface area contributed by atoms with Crippen LogP contribution in [0.4, 0.5) is 5.69 Å². The Kier molecular flexibility index (Phi) is 6.55. The van der Waals surface area contributed by atoms with Gasteiger partial charge in [-0.2, -0.15) is 9.61 Å². The summed E-state index contributed by atoms with van der Waals surface area (Å²) in [5, 5.41) is 16.7. The maximum atomic E-state index is 12.5. The molecule has 0 fully saturated rings. The second-order valence-electron chi connectivity index (χ2n) is 6.96. The number of methoxy groups -OCH3 is 1. The smallest absolute Gasteiger partial charge is 0.234 e. The highest BCUT2D eigenvalue weighted by Crippen LogP contribution is 2.26. The summed E-state index contributed by atoms with van der Waals surface area (Å²) >= 11 is 1.34. The molecular formula is C23H23N5O3S. The van der Waals surface area contributed by atoms with E-state index in [1.54, 1.807) is 11.6 Å². The summed E-state index contributed by atoms with van der Waals surface area (Å²) in [6, 6.07) is 16.9. The summed E-state index contributed by atoms with van der Waals surface area (Å²) in [5.74, 6) is 2.11. The zero-order valence-corrected chi connectivity index (χ0v) is 18.8. The van der Waals surface area contributed by atoms with E-state index in [2.05, 4.69) is 20.6 Å². The van der Waals surface area contributed by atoms with E-state index in [4.69, 9.17) is 9.47 Å². The number of anilines is 1. The Morgan fingerprint density at radius 3 is 2.66 bits per heavy atom. The van der Waals surface area contributed by atoms with Gasteiger partial charge in [0.05, 0.1) is 25.2 Å². The number of carbonyl (C=O) groups excluding carboxylic acids is 1. The van der Waals surface area contributed by atoms with Gasteiger partial charge in [-0.1, -0.05) is 17.8 Å². The summed E-state index contributed by atoms with van der Waals surface area (Å²) in [6.07, 6.45) is 0. The van der Waals surface area contributed by atoms with Gasteiger partial charge in [-0.3, -0.25) is 4.79 Å². The van der Waals surface area contributed by atoms with Crippen LogP contribution in [0.5, 0.6) is 11.5 Å². The maximum absolute atomic E-state index is 12.5. The van der Waals surface area contributed by atoms with Crippen LogP contribution in [0.15, 0.2) is 59.6 Å². The Labute approximate surface area is 190 Å². The predicted molar refractivity (Wildman–Crippen MR) is 124 cm³/mol. The number of amides is 1. The molecule has 8 nitrogen and oxygen atoms in total. The van der Waals surface area contributed by atoms with Crippen LogP contribution in [0.3, 0.4) is 0 Å². The number of fused-ring (bicyclic) bond motifs is 1. The molecule has 0 radical (unpaired) electrons. The third-order valence-corrected chi connectivity index (χ3v) is 5.56. The van der Waals surface area contributed by atoms with Crippen LogP contribution >= 0.6 is 11.8 Å². The van der Waals surface area contributed by atoms with E-state index in [1.165, 1.54) is 11.8 Å². The van der Waals surface area contributed by atoms with Crippen LogP contribution in [0.2, 0.25) is 0 Å². The SMILES string of the molecule is CCOc1ccc(-c2nnc3ccc(SCC(=O)Nc4cc(C)ccc4OC)nn23)cc1. The van der Waals surface area contributed by atoms with Gasteiger partial charge >= 0.3 is 0 Å². The molecule has 0 aliphatic heterocycles. The lowest BCUT2D eigenvalue weighted by atomic mass is 10.2. The fourth-order valence-corrected chi connectivity index (χ4v) is 3.80. The van der Waals surface area contributed by atoms with Gasteiger partial charge in [0, 0.05) is 5.56 Å². The molecule has 32 heavy (non-hydrogen) atoms. The summed E-state index contributed by atoms with van der Waals surface area (Å²) in [6.45, 7) is 4.52. The monoisotopic (exact) mass is 449 g/mol. The Hall–Kier alpha value is -3.59. The first-order valence-corrected chi connectivity index (χ1v) is 11.1. The molecule has 1 amide bonds. The lowest BCUT2D eigenvalue weighted by Crippen LogP contribution is -2.15. The van der Waals surface area contributed by atoms with Gasteiger partial charge in [-0.15, -0.1) is 10.2 Å². The van der Waals surface area contributed by atoms with Crippen LogP contribution < -0.4 is 14.8 Å². The molecule has 2 heterocycles. The summed E-state index contributed by atoms with van der Waals surface area (Å²) < 4.78 is 12.5. The molecular weight excluding hydrogens is 426 g/mol. The summed E-state index contributed by atoms with van der Waals surface area (Å²) in [7, 11) is 1.58. The summed E-state index contributed by atoms with van der Waals surface area (Å²) in [4.78, 5) is 12.5. The van der Waals surface area contributed by atoms with E-state index >= 15 is 0 Å². The summed E-state index contributed by atoms with van der Waals surface area (Å²) in [5.41, 5.74) is 3.19. The van der Waals surface area contributed by atoms with Crippen LogP contribution in [-0.4, -0.2) is 45.2 Å². The number of nitrogens with zero attached hydrogens (tertiary/aromatic N) is 4. The molecule has 0 spiro atoms. The lowest BCUT2D eigenvalue weighted by Gasteiger charge is -2.11. The van der Waals surface area contributed by atoms with Gasteiger partial charge in [0.2, 0.25) is 5.91 Å². The van der Waals surface area contributed by atoms with Crippen molar-refractivity contribution in [2.75, 3.05) is 24.8 Å². The molecule has 0 saturated carbocycles. The van der Waals surface area contributed by atoms with Crippen LogP contribution in [0.1, 0.15) is 12.5 Å². The Bertz CT molecular complexity index is 1240. The fraction of sp³-hybridized carbons (Fsp3) is 0.217. The van der Waals surface area contributed by atoms with Crippen molar-refractivity contribution in [2.45, 2.75) is 18.9 Å². The molecule has 4 aromatic rings. The molecule has 9 heteroatoms.